The zero-order chi connectivity index (χ0) is 15.1. The van der Waals surface area contributed by atoms with Crippen molar-refractivity contribution in [2.75, 3.05) is 37.8 Å². The van der Waals surface area contributed by atoms with E-state index in [9.17, 15) is 9.90 Å². The number of amides is 1. The van der Waals surface area contributed by atoms with E-state index in [4.69, 9.17) is 5.73 Å². The number of nitrogens with two attached hydrogens (primary N) is 1. The summed E-state index contributed by atoms with van der Waals surface area (Å²) in [6.07, 6.45) is 1.66. The number of anilines is 2. The fraction of sp³-hybridized carbons (Fsp3) is 0.562. The quantitative estimate of drug-likeness (QED) is 0.802. The van der Waals surface area contributed by atoms with Gasteiger partial charge in [-0.1, -0.05) is 0 Å². The minimum absolute atomic E-state index is 0.0219. The molecule has 21 heavy (non-hydrogen) atoms. The second kappa shape index (κ2) is 5.22. The van der Waals surface area contributed by atoms with Crippen LogP contribution in [0.1, 0.15) is 23.2 Å². The van der Waals surface area contributed by atoms with E-state index in [-0.39, 0.29) is 17.9 Å². The highest BCUT2D eigenvalue weighted by Crippen LogP contribution is 2.38. The summed E-state index contributed by atoms with van der Waals surface area (Å²) in [7, 11) is 3.85. The van der Waals surface area contributed by atoms with E-state index in [0.29, 0.717) is 23.7 Å². The standard InChI is InChI=1S/C16H23N3O2/c1-18(2)14-5-3-10(7-13(14)17)16(21)19-8-11-4-6-15(20)12(11)9-19/h3,5,7,11-12,15,20H,4,6,8-9,17H2,1-2H3. The van der Waals surface area contributed by atoms with Crippen LogP contribution >= 0.6 is 0 Å². The van der Waals surface area contributed by atoms with Gasteiger partial charge in [0.25, 0.3) is 5.91 Å². The van der Waals surface area contributed by atoms with Gasteiger partial charge >= 0.3 is 0 Å². The zero-order valence-electron chi connectivity index (χ0n) is 12.6. The molecule has 1 aromatic carbocycles. The van der Waals surface area contributed by atoms with Crippen molar-refractivity contribution < 1.29 is 9.90 Å². The summed E-state index contributed by atoms with van der Waals surface area (Å²) in [4.78, 5) is 16.4. The Morgan fingerprint density at radius 3 is 2.71 bits per heavy atom. The SMILES string of the molecule is CN(C)c1ccc(C(=O)N2CC3CCC(O)C3C2)cc1N. The number of nitrogen functional groups attached to an aromatic ring is 1. The number of nitrogens with zero attached hydrogens (tertiary/aromatic N) is 2. The van der Waals surface area contributed by atoms with Crippen LogP contribution in [0.4, 0.5) is 11.4 Å². The first-order valence-corrected chi connectivity index (χ1v) is 7.51. The van der Waals surface area contributed by atoms with Gasteiger partial charge in [-0.2, -0.15) is 0 Å². The minimum Gasteiger partial charge on any atom is -0.397 e. The Morgan fingerprint density at radius 2 is 2.10 bits per heavy atom. The lowest BCUT2D eigenvalue weighted by Crippen LogP contribution is -2.31. The molecular weight excluding hydrogens is 266 g/mol. The Balaban J connectivity index is 1.76. The molecule has 2 fully saturated rings. The number of aliphatic hydroxyl groups excluding tert-OH is 1. The zero-order valence-corrected chi connectivity index (χ0v) is 12.6. The van der Waals surface area contributed by atoms with Crippen LogP contribution in [0.15, 0.2) is 18.2 Å². The maximum atomic E-state index is 12.6. The molecule has 1 heterocycles. The third-order valence-corrected chi connectivity index (χ3v) is 4.86. The van der Waals surface area contributed by atoms with Gasteiger partial charge < -0.3 is 20.6 Å². The second-order valence-corrected chi connectivity index (χ2v) is 6.45. The molecule has 0 aromatic heterocycles. The van der Waals surface area contributed by atoms with Crippen molar-refractivity contribution >= 4 is 17.3 Å². The number of aliphatic hydroxyl groups is 1. The third kappa shape index (κ3) is 2.46. The molecule has 0 radical (unpaired) electrons. The summed E-state index contributed by atoms with van der Waals surface area (Å²) < 4.78 is 0. The second-order valence-electron chi connectivity index (χ2n) is 6.45. The van der Waals surface area contributed by atoms with Gasteiger partial charge in [0, 0.05) is 38.7 Å². The van der Waals surface area contributed by atoms with Gasteiger partial charge in [0.05, 0.1) is 17.5 Å². The predicted octanol–water partition coefficient (Wildman–Crippen LogP) is 1.18. The van der Waals surface area contributed by atoms with E-state index < -0.39 is 0 Å². The third-order valence-electron chi connectivity index (χ3n) is 4.86. The smallest absolute Gasteiger partial charge is 0.253 e. The number of fused-ring (bicyclic) bond motifs is 1. The number of rotatable bonds is 2. The predicted molar refractivity (Wildman–Crippen MR) is 83.3 cm³/mol. The molecule has 0 bridgehead atoms. The van der Waals surface area contributed by atoms with Gasteiger partial charge in [-0.15, -0.1) is 0 Å². The monoisotopic (exact) mass is 289 g/mol. The molecule has 0 spiro atoms. The van der Waals surface area contributed by atoms with Gasteiger partial charge in [-0.3, -0.25) is 4.79 Å². The number of benzene rings is 1. The van der Waals surface area contributed by atoms with E-state index >= 15 is 0 Å². The fourth-order valence-corrected chi connectivity index (χ4v) is 3.68. The van der Waals surface area contributed by atoms with Crippen molar-refractivity contribution in [1.82, 2.24) is 4.90 Å². The molecule has 2 aliphatic rings. The summed E-state index contributed by atoms with van der Waals surface area (Å²) in [6.45, 7) is 1.43. The van der Waals surface area contributed by atoms with Crippen molar-refractivity contribution in [2.24, 2.45) is 11.8 Å². The first kappa shape index (κ1) is 14.2. The average Bonchev–Trinajstić information content (AvgIpc) is 3.00. The van der Waals surface area contributed by atoms with Gasteiger partial charge in [0.1, 0.15) is 0 Å². The Labute approximate surface area is 125 Å². The first-order valence-electron chi connectivity index (χ1n) is 7.51. The fourth-order valence-electron chi connectivity index (χ4n) is 3.68. The van der Waals surface area contributed by atoms with Crippen LogP contribution in [0.2, 0.25) is 0 Å². The van der Waals surface area contributed by atoms with Crippen LogP contribution in [0.3, 0.4) is 0 Å². The number of hydrogen-bond acceptors (Lipinski definition) is 4. The van der Waals surface area contributed by atoms with Crippen LogP contribution in [-0.4, -0.2) is 49.2 Å². The van der Waals surface area contributed by atoms with Crippen molar-refractivity contribution in [2.45, 2.75) is 18.9 Å². The molecule has 1 saturated carbocycles. The van der Waals surface area contributed by atoms with Crippen LogP contribution in [-0.2, 0) is 0 Å². The van der Waals surface area contributed by atoms with E-state index in [1.54, 1.807) is 6.07 Å². The molecule has 114 valence electrons. The molecule has 1 aliphatic carbocycles. The van der Waals surface area contributed by atoms with Gasteiger partial charge in [-0.05, 0) is 37.0 Å². The highest BCUT2D eigenvalue weighted by atomic mass is 16.3. The lowest BCUT2D eigenvalue weighted by atomic mass is 10.00. The Morgan fingerprint density at radius 1 is 1.33 bits per heavy atom. The summed E-state index contributed by atoms with van der Waals surface area (Å²) in [5.74, 6) is 0.739. The lowest BCUT2D eigenvalue weighted by Gasteiger charge is -2.20. The largest absolute Gasteiger partial charge is 0.397 e. The summed E-state index contributed by atoms with van der Waals surface area (Å²) in [5.41, 5.74) is 8.19. The van der Waals surface area contributed by atoms with Crippen molar-refractivity contribution in [3.8, 4) is 0 Å². The molecule has 3 rings (SSSR count). The molecule has 3 atom stereocenters. The van der Waals surface area contributed by atoms with Crippen LogP contribution < -0.4 is 10.6 Å². The van der Waals surface area contributed by atoms with E-state index in [2.05, 4.69) is 0 Å². The summed E-state index contributed by atoms with van der Waals surface area (Å²) in [6, 6.07) is 5.47. The molecule has 5 heteroatoms. The molecule has 5 nitrogen and oxygen atoms in total. The Hall–Kier alpha value is -1.75. The Bertz CT molecular complexity index is 558. The summed E-state index contributed by atoms with van der Waals surface area (Å²) >= 11 is 0. The van der Waals surface area contributed by atoms with Crippen molar-refractivity contribution in [3.05, 3.63) is 23.8 Å². The number of likely N-dealkylation sites (tertiary alicyclic amines) is 1. The number of carbonyl (C=O) groups excluding carboxylic acids is 1. The topological polar surface area (TPSA) is 69.8 Å². The van der Waals surface area contributed by atoms with Crippen molar-refractivity contribution in [1.29, 1.82) is 0 Å². The number of hydrogen-bond donors (Lipinski definition) is 2. The maximum absolute atomic E-state index is 12.6. The molecule has 1 saturated heterocycles. The molecular formula is C16H23N3O2. The van der Waals surface area contributed by atoms with E-state index in [0.717, 1.165) is 25.1 Å². The molecule has 1 aliphatic heterocycles. The van der Waals surface area contributed by atoms with Gasteiger partial charge in [0.15, 0.2) is 0 Å². The van der Waals surface area contributed by atoms with Crippen LogP contribution in [0, 0.1) is 11.8 Å². The first-order chi connectivity index (χ1) is 9.97. The highest BCUT2D eigenvalue weighted by molar-refractivity contribution is 5.96. The van der Waals surface area contributed by atoms with Crippen molar-refractivity contribution in [3.63, 3.8) is 0 Å². The molecule has 3 unspecified atom stereocenters. The van der Waals surface area contributed by atoms with Gasteiger partial charge in [0.2, 0.25) is 0 Å². The minimum atomic E-state index is -0.242. The van der Waals surface area contributed by atoms with Crippen LogP contribution in [0.5, 0.6) is 0 Å². The van der Waals surface area contributed by atoms with Crippen LogP contribution in [0.25, 0.3) is 0 Å². The maximum Gasteiger partial charge on any atom is 0.253 e. The highest BCUT2D eigenvalue weighted by Gasteiger charge is 2.43. The number of carbonyl (C=O) groups is 1. The van der Waals surface area contributed by atoms with E-state index in [1.165, 1.54) is 0 Å². The normalized spacial score (nSPS) is 27.8. The van der Waals surface area contributed by atoms with Gasteiger partial charge in [-0.25, -0.2) is 0 Å². The average molecular weight is 289 g/mol. The lowest BCUT2D eigenvalue weighted by molar-refractivity contribution is 0.0752. The summed E-state index contributed by atoms with van der Waals surface area (Å²) in [5, 5.41) is 9.95. The van der Waals surface area contributed by atoms with E-state index in [1.807, 2.05) is 36.0 Å². The molecule has 1 amide bonds. The Kier molecular flexibility index (Phi) is 3.53. The molecule has 3 N–H and O–H groups in total. The molecule has 1 aromatic rings.